The van der Waals surface area contributed by atoms with Gasteiger partial charge < -0.3 is 0 Å². The fourth-order valence-electron chi connectivity index (χ4n) is 2.59. The van der Waals surface area contributed by atoms with Gasteiger partial charge >= 0.3 is 0 Å². The second-order valence-corrected chi connectivity index (χ2v) is 5.85. The summed E-state index contributed by atoms with van der Waals surface area (Å²) in [7, 11) is 0. The van der Waals surface area contributed by atoms with Crippen molar-refractivity contribution in [2.24, 2.45) is 0 Å². The molecule has 7 heteroatoms. The molecule has 0 saturated carbocycles. The van der Waals surface area contributed by atoms with Crippen LogP contribution in [-0.4, -0.2) is 19.7 Å². The van der Waals surface area contributed by atoms with Crippen molar-refractivity contribution in [3.8, 4) is 11.3 Å². The summed E-state index contributed by atoms with van der Waals surface area (Å²) in [4.78, 5) is 27.6. The van der Waals surface area contributed by atoms with Crippen molar-refractivity contribution < 1.29 is 4.92 Å². The van der Waals surface area contributed by atoms with Crippen LogP contribution in [0.15, 0.2) is 41.3 Å². The van der Waals surface area contributed by atoms with Gasteiger partial charge in [0.25, 0.3) is 11.2 Å². The number of nitro benzene ring substituents is 1. The molecule has 0 fully saturated rings. The van der Waals surface area contributed by atoms with Crippen LogP contribution in [0.2, 0.25) is 0 Å². The Morgan fingerprint density at radius 3 is 2.67 bits per heavy atom. The maximum atomic E-state index is 12.5. The van der Waals surface area contributed by atoms with Crippen molar-refractivity contribution >= 4 is 16.6 Å². The summed E-state index contributed by atoms with van der Waals surface area (Å²) >= 11 is 0. The number of nitro groups is 1. The minimum absolute atomic E-state index is 0.0145. The summed E-state index contributed by atoms with van der Waals surface area (Å²) in [6.45, 7) is 5.40. The Balaban J connectivity index is 2.38. The molecule has 0 radical (unpaired) electrons. The first-order valence-corrected chi connectivity index (χ1v) is 7.53. The van der Waals surface area contributed by atoms with Gasteiger partial charge in [0.05, 0.1) is 16.4 Å². The smallest absolute Gasteiger partial charge is 0.267 e. The Morgan fingerprint density at radius 1 is 1.25 bits per heavy atom. The number of rotatable bonds is 3. The lowest BCUT2D eigenvalue weighted by Crippen LogP contribution is -2.25. The van der Waals surface area contributed by atoms with E-state index in [1.165, 1.54) is 10.7 Å². The zero-order valence-electron chi connectivity index (χ0n) is 13.6. The van der Waals surface area contributed by atoms with Gasteiger partial charge in [0, 0.05) is 23.4 Å². The first-order chi connectivity index (χ1) is 11.4. The van der Waals surface area contributed by atoms with Crippen LogP contribution >= 0.6 is 0 Å². The zero-order valence-corrected chi connectivity index (χ0v) is 13.6. The van der Waals surface area contributed by atoms with E-state index >= 15 is 0 Å². The van der Waals surface area contributed by atoms with Crippen LogP contribution in [-0.2, 0) is 0 Å². The molecule has 1 aromatic carbocycles. The van der Waals surface area contributed by atoms with E-state index in [1.807, 2.05) is 13.8 Å². The van der Waals surface area contributed by atoms with Gasteiger partial charge in [0.2, 0.25) is 0 Å². The molecule has 0 atom stereocenters. The molecule has 2 heterocycles. The third kappa shape index (κ3) is 2.54. The molecule has 7 nitrogen and oxygen atoms in total. The van der Waals surface area contributed by atoms with Crippen LogP contribution in [0.1, 0.15) is 25.5 Å². The Kier molecular flexibility index (Phi) is 3.84. The molecule has 0 saturated heterocycles. The van der Waals surface area contributed by atoms with Gasteiger partial charge in [-0.25, -0.2) is 4.68 Å². The molecule has 0 aliphatic heterocycles. The molecule has 0 bridgehead atoms. The first kappa shape index (κ1) is 15.8. The van der Waals surface area contributed by atoms with Crippen molar-refractivity contribution in [3.05, 3.63) is 62.6 Å². The topological polar surface area (TPSA) is 90.9 Å². The van der Waals surface area contributed by atoms with Crippen LogP contribution in [0, 0.1) is 17.0 Å². The maximum Gasteiger partial charge on any atom is 0.276 e. The summed E-state index contributed by atoms with van der Waals surface area (Å²) < 4.78 is 1.38. The summed E-state index contributed by atoms with van der Waals surface area (Å²) in [5.74, 6) is 0. The third-order valence-electron chi connectivity index (χ3n) is 3.85. The Morgan fingerprint density at radius 2 is 2.00 bits per heavy atom. The van der Waals surface area contributed by atoms with E-state index in [0.717, 1.165) is 0 Å². The molecule has 3 rings (SSSR count). The number of pyridine rings is 1. The SMILES string of the molecule is Cc1ccc(-c2nn(C(C)C)c(=O)c3cccnc23)cc1[N+](=O)[O-]. The van der Waals surface area contributed by atoms with E-state index in [0.29, 0.717) is 27.7 Å². The fourth-order valence-corrected chi connectivity index (χ4v) is 2.59. The van der Waals surface area contributed by atoms with Crippen molar-refractivity contribution in [2.45, 2.75) is 26.8 Å². The molecule has 0 aliphatic carbocycles. The molecule has 0 N–H and O–H groups in total. The summed E-state index contributed by atoms with van der Waals surface area (Å²) in [5, 5.41) is 16.1. The van der Waals surface area contributed by atoms with Gasteiger partial charge in [-0.1, -0.05) is 12.1 Å². The van der Waals surface area contributed by atoms with Gasteiger partial charge in [0.1, 0.15) is 11.2 Å². The van der Waals surface area contributed by atoms with Gasteiger partial charge in [0.15, 0.2) is 0 Å². The largest absolute Gasteiger partial charge is 0.276 e. The Labute approximate surface area is 137 Å². The van der Waals surface area contributed by atoms with Gasteiger partial charge in [-0.2, -0.15) is 5.10 Å². The zero-order chi connectivity index (χ0) is 17.4. The number of nitrogens with zero attached hydrogens (tertiary/aromatic N) is 4. The van der Waals surface area contributed by atoms with Crippen LogP contribution < -0.4 is 5.56 Å². The van der Waals surface area contributed by atoms with E-state index in [-0.39, 0.29) is 17.3 Å². The Hall–Kier alpha value is -3.09. The average molecular weight is 324 g/mol. The second kappa shape index (κ2) is 5.84. The monoisotopic (exact) mass is 324 g/mol. The molecule has 0 amide bonds. The minimum atomic E-state index is -0.424. The third-order valence-corrected chi connectivity index (χ3v) is 3.85. The standard InChI is InChI=1S/C17H16N4O3/c1-10(2)20-17(22)13-5-4-8-18-16(13)15(19-20)12-7-6-11(3)14(9-12)21(23)24/h4-10H,1-3H3. The van der Waals surface area contributed by atoms with E-state index in [2.05, 4.69) is 10.1 Å². The molecule has 122 valence electrons. The molecule has 2 aromatic heterocycles. The number of fused-ring (bicyclic) bond motifs is 1. The second-order valence-electron chi connectivity index (χ2n) is 5.85. The summed E-state index contributed by atoms with van der Waals surface area (Å²) in [6, 6.07) is 8.15. The predicted octanol–water partition coefficient (Wildman–Crippen LogP) is 3.26. The van der Waals surface area contributed by atoms with E-state index in [9.17, 15) is 14.9 Å². The highest BCUT2D eigenvalue weighted by Gasteiger charge is 2.18. The number of aryl methyl sites for hydroxylation is 1. The number of aromatic nitrogens is 3. The van der Waals surface area contributed by atoms with Crippen LogP contribution in [0.3, 0.4) is 0 Å². The van der Waals surface area contributed by atoms with E-state index < -0.39 is 4.92 Å². The highest BCUT2D eigenvalue weighted by Crippen LogP contribution is 2.28. The number of hydrogen-bond donors (Lipinski definition) is 0. The molecular formula is C17H16N4O3. The Bertz CT molecular complexity index is 1010. The molecule has 0 aliphatic rings. The predicted molar refractivity (Wildman–Crippen MR) is 91.0 cm³/mol. The van der Waals surface area contributed by atoms with Crippen LogP contribution in [0.25, 0.3) is 22.2 Å². The maximum absolute atomic E-state index is 12.5. The molecule has 0 spiro atoms. The highest BCUT2D eigenvalue weighted by atomic mass is 16.6. The van der Waals surface area contributed by atoms with Crippen molar-refractivity contribution in [1.82, 2.24) is 14.8 Å². The van der Waals surface area contributed by atoms with E-state index in [1.54, 1.807) is 37.4 Å². The number of hydrogen-bond acceptors (Lipinski definition) is 5. The van der Waals surface area contributed by atoms with Gasteiger partial charge in [-0.05, 0) is 32.9 Å². The van der Waals surface area contributed by atoms with Crippen LogP contribution in [0.4, 0.5) is 5.69 Å². The molecular weight excluding hydrogens is 308 g/mol. The van der Waals surface area contributed by atoms with Crippen molar-refractivity contribution in [3.63, 3.8) is 0 Å². The van der Waals surface area contributed by atoms with Gasteiger partial charge in [-0.15, -0.1) is 0 Å². The summed E-state index contributed by atoms with van der Waals surface area (Å²) in [6.07, 6.45) is 1.58. The first-order valence-electron chi connectivity index (χ1n) is 7.53. The normalized spacial score (nSPS) is 11.2. The molecule has 24 heavy (non-hydrogen) atoms. The average Bonchev–Trinajstić information content (AvgIpc) is 2.55. The van der Waals surface area contributed by atoms with E-state index in [4.69, 9.17) is 0 Å². The lowest BCUT2D eigenvalue weighted by Gasteiger charge is -2.13. The lowest BCUT2D eigenvalue weighted by molar-refractivity contribution is -0.385. The quantitative estimate of drug-likeness (QED) is 0.545. The molecule has 0 unspecified atom stereocenters. The lowest BCUT2D eigenvalue weighted by atomic mass is 10.1. The molecule has 3 aromatic rings. The highest BCUT2D eigenvalue weighted by molar-refractivity contribution is 5.90. The fraction of sp³-hybridized carbons (Fsp3) is 0.235. The van der Waals surface area contributed by atoms with Gasteiger partial charge in [-0.3, -0.25) is 19.9 Å². The number of benzene rings is 1. The van der Waals surface area contributed by atoms with Crippen LogP contribution in [0.5, 0.6) is 0 Å². The minimum Gasteiger partial charge on any atom is -0.267 e. The van der Waals surface area contributed by atoms with Crippen molar-refractivity contribution in [2.75, 3.05) is 0 Å². The summed E-state index contributed by atoms with van der Waals surface area (Å²) in [5.41, 5.74) is 1.82. The van der Waals surface area contributed by atoms with Crippen molar-refractivity contribution in [1.29, 1.82) is 0 Å².